The SMILES string of the molecule is [B]c1c([B])c([B])c2c(c1[B])c([B])c(N(c1ccc(-c3ccc(-c4cccc5ccccc45)cc3)cc1)c1ccc(-c3cccc4c3oc3ccccc34)cc1)c1c([B])c([B])c([B])c([B])c12. The Balaban J connectivity index is 1.11. The fourth-order valence-electron chi connectivity index (χ4n) is 9.48. The number of furan rings is 1. The molecular formula is C54H26B9NO. The van der Waals surface area contributed by atoms with Crippen molar-refractivity contribution >= 4 is 191 Å². The van der Waals surface area contributed by atoms with Gasteiger partial charge in [-0.15, -0.1) is 21.9 Å². The van der Waals surface area contributed by atoms with Crippen LogP contribution in [0.5, 0.6) is 0 Å². The summed E-state index contributed by atoms with van der Waals surface area (Å²) in [5.74, 6) is 0. The molecule has 11 aromatic rings. The summed E-state index contributed by atoms with van der Waals surface area (Å²) in [6.45, 7) is 0. The molecule has 0 aliphatic heterocycles. The molecule has 1 aromatic heterocycles. The Morgan fingerprint density at radius 3 is 1.38 bits per heavy atom. The Kier molecular flexibility index (Phi) is 9.88. The highest BCUT2D eigenvalue weighted by Crippen LogP contribution is 2.42. The average Bonchev–Trinajstić information content (AvgIpc) is 3.73. The zero-order valence-corrected chi connectivity index (χ0v) is 35.1. The lowest BCUT2D eigenvalue weighted by molar-refractivity contribution is 0.670. The third-order valence-electron chi connectivity index (χ3n) is 12.8. The predicted molar refractivity (Wildman–Crippen MR) is 286 cm³/mol. The largest absolute Gasteiger partial charge is 0.455 e. The molecule has 0 saturated carbocycles. The number of benzene rings is 10. The van der Waals surface area contributed by atoms with Crippen molar-refractivity contribution in [2.75, 3.05) is 4.90 Å². The highest BCUT2D eigenvalue weighted by Gasteiger charge is 2.26. The van der Waals surface area contributed by atoms with Crippen LogP contribution in [0.15, 0.2) is 162 Å². The van der Waals surface area contributed by atoms with Crippen LogP contribution in [0.3, 0.4) is 0 Å². The van der Waals surface area contributed by atoms with Gasteiger partial charge in [-0.1, -0.05) is 155 Å². The molecule has 280 valence electrons. The molecule has 0 fully saturated rings. The number of fused-ring (bicyclic) bond motifs is 7. The molecule has 0 aliphatic rings. The lowest BCUT2D eigenvalue weighted by atomic mass is 9.59. The Labute approximate surface area is 389 Å². The molecule has 18 radical (unpaired) electrons. The Morgan fingerprint density at radius 2 is 0.738 bits per heavy atom. The zero-order chi connectivity index (χ0) is 44.8. The number of hydrogen-bond donors (Lipinski definition) is 0. The van der Waals surface area contributed by atoms with Crippen LogP contribution in [0.4, 0.5) is 17.1 Å². The second-order valence-corrected chi connectivity index (χ2v) is 16.4. The van der Waals surface area contributed by atoms with Crippen molar-refractivity contribution in [3.63, 3.8) is 0 Å². The minimum Gasteiger partial charge on any atom is -0.455 e. The van der Waals surface area contributed by atoms with E-state index in [1.807, 2.05) is 65.6 Å². The fraction of sp³-hybridized carbons (Fsp3) is 0. The first kappa shape index (κ1) is 40.9. The van der Waals surface area contributed by atoms with Crippen LogP contribution in [0.2, 0.25) is 0 Å². The molecule has 10 aromatic carbocycles. The van der Waals surface area contributed by atoms with Crippen LogP contribution in [0.1, 0.15) is 0 Å². The molecule has 0 amide bonds. The van der Waals surface area contributed by atoms with E-state index >= 15 is 0 Å². The standard InChI is InChI=1S/C54H26B9NO/c55-44-40-41-43(47(58)52(63)50(61)45(41)56)53(48(59)42(40)46(57)51(62)49(44)60)64(33-25-21-31(22-26-33)36-12-6-13-38-37-10-3-4-14-39(37)65-54(36)38)32-23-19-28(20-24-32)27-15-17-30(18-16-27)35-11-5-8-29-7-1-2-9-34(29)35/h1-26H. The normalized spacial score (nSPS) is 11.6. The van der Waals surface area contributed by atoms with Crippen molar-refractivity contribution in [1.82, 2.24) is 0 Å². The molecule has 2 nitrogen and oxygen atoms in total. The number of nitrogens with zero attached hydrogens (tertiary/aromatic N) is 1. The van der Waals surface area contributed by atoms with Gasteiger partial charge in [-0.3, -0.25) is 0 Å². The van der Waals surface area contributed by atoms with E-state index < -0.39 is 0 Å². The third-order valence-corrected chi connectivity index (χ3v) is 12.8. The van der Waals surface area contributed by atoms with Gasteiger partial charge in [0, 0.05) is 33.4 Å². The molecule has 0 saturated heterocycles. The smallest absolute Gasteiger partial charge is 0.143 e. The first-order valence-electron chi connectivity index (χ1n) is 21.0. The lowest BCUT2D eigenvalue weighted by Crippen LogP contribution is -2.52. The molecule has 11 heteroatoms. The molecule has 0 atom stereocenters. The molecule has 0 bridgehead atoms. The van der Waals surface area contributed by atoms with E-state index in [0.29, 0.717) is 27.2 Å². The maximum atomic E-state index is 7.34. The van der Waals surface area contributed by atoms with Gasteiger partial charge in [-0.25, -0.2) is 0 Å². The monoisotopic (exact) mass is 803 g/mol. The maximum Gasteiger partial charge on any atom is 0.143 e. The van der Waals surface area contributed by atoms with Crippen LogP contribution in [0.25, 0.3) is 87.6 Å². The Morgan fingerprint density at radius 1 is 0.308 bits per heavy atom. The van der Waals surface area contributed by atoms with Crippen LogP contribution in [-0.4, -0.2) is 70.6 Å². The van der Waals surface area contributed by atoms with Gasteiger partial charge in [0.2, 0.25) is 0 Å². The Hall–Kier alpha value is -6.84. The van der Waals surface area contributed by atoms with E-state index in [1.165, 1.54) is 16.3 Å². The van der Waals surface area contributed by atoms with Crippen molar-refractivity contribution in [2.45, 2.75) is 0 Å². The van der Waals surface area contributed by atoms with Crippen molar-refractivity contribution in [1.29, 1.82) is 0 Å². The van der Waals surface area contributed by atoms with E-state index in [0.717, 1.165) is 61.1 Å². The summed E-state index contributed by atoms with van der Waals surface area (Å²) in [7, 11) is 60.9. The van der Waals surface area contributed by atoms with Crippen molar-refractivity contribution in [2.24, 2.45) is 0 Å². The molecular weight excluding hydrogens is 776 g/mol. The zero-order valence-electron chi connectivity index (χ0n) is 35.1. The topological polar surface area (TPSA) is 16.4 Å². The van der Waals surface area contributed by atoms with Crippen molar-refractivity contribution in [3.05, 3.63) is 158 Å². The number of anilines is 3. The molecule has 0 spiro atoms. The van der Waals surface area contributed by atoms with Gasteiger partial charge >= 0.3 is 0 Å². The maximum absolute atomic E-state index is 7.34. The third kappa shape index (κ3) is 6.38. The Bertz CT molecular complexity index is 3750. The van der Waals surface area contributed by atoms with Crippen LogP contribution in [-0.2, 0) is 0 Å². The molecule has 11 rings (SSSR count). The summed E-state index contributed by atoms with van der Waals surface area (Å²) in [4.78, 5) is 2.00. The molecule has 0 N–H and O–H groups in total. The molecule has 1 heterocycles. The lowest BCUT2D eigenvalue weighted by Gasteiger charge is -2.34. The van der Waals surface area contributed by atoms with Gasteiger partial charge in [0.1, 0.15) is 81.8 Å². The van der Waals surface area contributed by atoms with Gasteiger partial charge in [0.05, 0.1) is 0 Å². The summed E-state index contributed by atoms with van der Waals surface area (Å²) in [6, 6.07) is 53.9. The number of para-hydroxylation sites is 2. The number of rotatable bonds is 6. The van der Waals surface area contributed by atoms with E-state index in [1.54, 1.807) is 0 Å². The first-order valence-corrected chi connectivity index (χ1v) is 21.0. The average molecular weight is 802 g/mol. The van der Waals surface area contributed by atoms with Crippen molar-refractivity contribution < 1.29 is 4.42 Å². The van der Waals surface area contributed by atoms with Crippen LogP contribution >= 0.6 is 0 Å². The molecule has 0 aliphatic carbocycles. The van der Waals surface area contributed by atoms with Gasteiger partial charge < -0.3 is 9.32 Å². The van der Waals surface area contributed by atoms with Crippen LogP contribution < -0.4 is 54.1 Å². The summed E-state index contributed by atoms with van der Waals surface area (Å²) < 4.78 is 6.42. The van der Waals surface area contributed by atoms with E-state index in [9.17, 15) is 0 Å². The highest BCUT2D eigenvalue weighted by molar-refractivity contribution is 6.73. The fourth-order valence-corrected chi connectivity index (χ4v) is 9.48. The quantitative estimate of drug-likeness (QED) is 0.180. The number of hydrogen-bond acceptors (Lipinski definition) is 2. The summed E-state index contributed by atoms with van der Waals surface area (Å²) in [5, 5.41) is 6.02. The van der Waals surface area contributed by atoms with Gasteiger partial charge in [0.15, 0.2) is 0 Å². The summed E-state index contributed by atoms with van der Waals surface area (Å²) in [5.41, 5.74) is 10.9. The minimum atomic E-state index is 0.0875. The molecule has 65 heavy (non-hydrogen) atoms. The minimum absolute atomic E-state index is 0.0875. The van der Waals surface area contributed by atoms with Gasteiger partial charge in [-0.05, 0) is 90.5 Å². The van der Waals surface area contributed by atoms with E-state index in [4.69, 9.17) is 75.0 Å². The second-order valence-electron chi connectivity index (χ2n) is 16.4. The van der Waals surface area contributed by atoms with E-state index in [2.05, 4.69) is 97.1 Å². The first-order chi connectivity index (χ1) is 31.5. The second kappa shape index (κ2) is 15.7. The van der Waals surface area contributed by atoms with Gasteiger partial charge in [0.25, 0.3) is 0 Å². The van der Waals surface area contributed by atoms with E-state index in [-0.39, 0.29) is 49.2 Å². The van der Waals surface area contributed by atoms with Crippen LogP contribution in [0, 0.1) is 0 Å². The summed E-state index contributed by atoms with van der Waals surface area (Å²) >= 11 is 0. The molecule has 0 unspecified atom stereocenters. The summed E-state index contributed by atoms with van der Waals surface area (Å²) in [6.07, 6.45) is 0. The van der Waals surface area contributed by atoms with Crippen molar-refractivity contribution in [3.8, 4) is 33.4 Å². The van der Waals surface area contributed by atoms with Gasteiger partial charge in [-0.2, -0.15) is 0 Å². The predicted octanol–water partition coefficient (Wildman–Crippen LogP) is 4.66. The highest BCUT2D eigenvalue weighted by atomic mass is 16.3.